The van der Waals surface area contributed by atoms with Crippen molar-refractivity contribution in [2.75, 3.05) is 6.54 Å². The monoisotopic (exact) mass is 315 g/mol. The average Bonchev–Trinajstić information content (AvgIpc) is 2.47. The quantitative estimate of drug-likeness (QED) is 0.827. The second-order valence-electron chi connectivity index (χ2n) is 5.32. The molecule has 0 fully saturated rings. The Kier molecular flexibility index (Phi) is 5.52. The zero-order valence-corrected chi connectivity index (χ0v) is 13.7. The first kappa shape index (κ1) is 16.5. The molecule has 0 saturated heterocycles. The van der Waals surface area contributed by atoms with Crippen LogP contribution in [0.4, 0.5) is 0 Å². The Morgan fingerprint density at radius 3 is 2.41 bits per heavy atom. The van der Waals surface area contributed by atoms with Crippen molar-refractivity contribution in [2.45, 2.75) is 25.2 Å². The molecule has 0 bridgehead atoms. The third kappa shape index (κ3) is 4.83. The number of hydrogen-bond donors (Lipinski definition) is 1. The van der Waals surface area contributed by atoms with Gasteiger partial charge in [-0.25, -0.2) is 13.1 Å². The summed E-state index contributed by atoms with van der Waals surface area (Å²) in [6.45, 7) is 4.37. The number of hydrogen-bond acceptors (Lipinski definition) is 2. The average molecular weight is 315 g/mol. The van der Waals surface area contributed by atoms with Crippen LogP contribution in [0.25, 0.3) is 6.08 Å². The number of benzene rings is 2. The molecule has 0 saturated carbocycles. The highest BCUT2D eigenvalue weighted by Crippen LogP contribution is 2.10. The van der Waals surface area contributed by atoms with Crippen LogP contribution in [0.5, 0.6) is 0 Å². The Labute approximate surface area is 132 Å². The van der Waals surface area contributed by atoms with Gasteiger partial charge in [0.15, 0.2) is 0 Å². The van der Waals surface area contributed by atoms with Gasteiger partial charge in [0.2, 0.25) is 10.0 Å². The van der Waals surface area contributed by atoms with Crippen molar-refractivity contribution in [3.8, 4) is 0 Å². The minimum Gasteiger partial charge on any atom is -0.211 e. The van der Waals surface area contributed by atoms with Crippen LogP contribution in [0, 0.1) is 13.8 Å². The van der Waals surface area contributed by atoms with E-state index in [1.165, 1.54) is 5.56 Å². The standard InChI is InChI=1S/C18H21NO2S/c1-15-9-11-18(12-10-15)22(20,21)19-13-4-3-7-17-8-5-6-16(2)14-17/h3,5-12,14,19H,4,13H2,1-2H3/b7-3+. The van der Waals surface area contributed by atoms with Gasteiger partial charge < -0.3 is 0 Å². The molecule has 2 aromatic rings. The van der Waals surface area contributed by atoms with Crippen molar-refractivity contribution in [3.63, 3.8) is 0 Å². The van der Waals surface area contributed by atoms with E-state index in [1.54, 1.807) is 24.3 Å². The summed E-state index contributed by atoms with van der Waals surface area (Å²) >= 11 is 0. The minimum absolute atomic E-state index is 0.306. The van der Waals surface area contributed by atoms with Crippen molar-refractivity contribution >= 4 is 16.1 Å². The van der Waals surface area contributed by atoms with E-state index >= 15 is 0 Å². The normalized spacial score (nSPS) is 11.9. The highest BCUT2D eigenvalue weighted by molar-refractivity contribution is 7.89. The van der Waals surface area contributed by atoms with Crippen LogP contribution in [-0.2, 0) is 10.0 Å². The molecule has 0 heterocycles. The SMILES string of the molecule is Cc1ccc(S(=O)(=O)NCC/C=C/c2cccc(C)c2)cc1. The summed E-state index contributed by atoms with van der Waals surface area (Å²) < 4.78 is 26.8. The van der Waals surface area contributed by atoms with Crippen molar-refractivity contribution in [1.82, 2.24) is 4.72 Å². The fourth-order valence-corrected chi connectivity index (χ4v) is 3.12. The minimum atomic E-state index is -3.41. The van der Waals surface area contributed by atoms with Crippen molar-refractivity contribution in [3.05, 3.63) is 71.3 Å². The Morgan fingerprint density at radius 2 is 1.73 bits per heavy atom. The van der Waals surface area contributed by atoms with Gasteiger partial charge in [-0.05, 0) is 38.0 Å². The van der Waals surface area contributed by atoms with Crippen LogP contribution in [0.2, 0.25) is 0 Å². The van der Waals surface area contributed by atoms with Crippen molar-refractivity contribution in [1.29, 1.82) is 0 Å². The highest BCUT2D eigenvalue weighted by Gasteiger charge is 2.11. The molecule has 0 atom stereocenters. The van der Waals surface area contributed by atoms with E-state index in [0.29, 0.717) is 17.9 Å². The van der Waals surface area contributed by atoms with Crippen LogP contribution in [-0.4, -0.2) is 15.0 Å². The zero-order valence-electron chi connectivity index (χ0n) is 12.9. The molecule has 1 N–H and O–H groups in total. The van der Waals surface area contributed by atoms with Gasteiger partial charge in [-0.15, -0.1) is 0 Å². The molecule has 22 heavy (non-hydrogen) atoms. The third-order valence-electron chi connectivity index (χ3n) is 3.29. The van der Waals surface area contributed by atoms with Crippen LogP contribution in [0.15, 0.2) is 59.5 Å². The van der Waals surface area contributed by atoms with Crippen LogP contribution in [0.3, 0.4) is 0 Å². The number of aryl methyl sites for hydroxylation is 2. The maximum Gasteiger partial charge on any atom is 0.240 e. The van der Waals surface area contributed by atoms with Gasteiger partial charge >= 0.3 is 0 Å². The van der Waals surface area contributed by atoms with Gasteiger partial charge in [0.1, 0.15) is 0 Å². The third-order valence-corrected chi connectivity index (χ3v) is 4.76. The first-order valence-electron chi connectivity index (χ1n) is 7.27. The summed E-state index contributed by atoms with van der Waals surface area (Å²) in [7, 11) is -3.41. The van der Waals surface area contributed by atoms with E-state index in [9.17, 15) is 8.42 Å². The Bertz CT molecular complexity index is 747. The number of sulfonamides is 1. The molecule has 2 aromatic carbocycles. The smallest absolute Gasteiger partial charge is 0.211 e. The van der Waals surface area contributed by atoms with Gasteiger partial charge in [0, 0.05) is 6.54 Å². The fourth-order valence-electron chi connectivity index (χ4n) is 2.07. The lowest BCUT2D eigenvalue weighted by atomic mass is 10.1. The number of nitrogens with one attached hydrogen (secondary N) is 1. The molecule has 0 amide bonds. The van der Waals surface area contributed by atoms with E-state index in [0.717, 1.165) is 11.1 Å². The van der Waals surface area contributed by atoms with Crippen molar-refractivity contribution in [2.24, 2.45) is 0 Å². The molecule has 2 rings (SSSR count). The Hall–Kier alpha value is -1.91. The predicted molar refractivity (Wildman–Crippen MR) is 91.2 cm³/mol. The van der Waals surface area contributed by atoms with Crippen LogP contribution >= 0.6 is 0 Å². The molecule has 0 radical (unpaired) electrons. The first-order valence-corrected chi connectivity index (χ1v) is 8.75. The molecule has 0 aliphatic carbocycles. The second-order valence-corrected chi connectivity index (χ2v) is 7.08. The maximum atomic E-state index is 12.1. The summed E-state index contributed by atoms with van der Waals surface area (Å²) in [6, 6.07) is 15.0. The van der Waals surface area contributed by atoms with Gasteiger partial charge in [-0.2, -0.15) is 0 Å². The second kappa shape index (κ2) is 7.38. The maximum absolute atomic E-state index is 12.1. The molecule has 0 spiro atoms. The predicted octanol–water partition coefficient (Wildman–Crippen LogP) is 3.69. The first-order chi connectivity index (χ1) is 10.5. The lowest BCUT2D eigenvalue weighted by molar-refractivity contribution is 0.582. The van der Waals surface area contributed by atoms with E-state index in [4.69, 9.17) is 0 Å². The van der Waals surface area contributed by atoms with E-state index in [2.05, 4.69) is 10.8 Å². The van der Waals surface area contributed by atoms with E-state index in [1.807, 2.05) is 44.2 Å². The number of rotatable bonds is 6. The summed E-state index contributed by atoms with van der Waals surface area (Å²) in [6.07, 6.45) is 4.64. The highest BCUT2D eigenvalue weighted by atomic mass is 32.2. The summed E-state index contributed by atoms with van der Waals surface area (Å²) in [5.74, 6) is 0. The summed E-state index contributed by atoms with van der Waals surface area (Å²) in [5.41, 5.74) is 3.38. The van der Waals surface area contributed by atoms with E-state index < -0.39 is 10.0 Å². The topological polar surface area (TPSA) is 46.2 Å². The lowest BCUT2D eigenvalue weighted by Crippen LogP contribution is -2.24. The lowest BCUT2D eigenvalue weighted by Gasteiger charge is -2.05. The molecular formula is C18H21NO2S. The molecule has 0 aromatic heterocycles. The van der Waals surface area contributed by atoms with Crippen molar-refractivity contribution < 1.29 is 8.42 Å². The Morgan fingerprint density at radius 1 is 1.00 bits per heavy atom. The Balaban J connectivity index is 1.86. The van der Waals surface area contributed by atoms with Crippen LogP contribution in [0.1, 0.15) is 23.1 Å². The van der Waals surface area contributed by atoms with Gasteiger partial charge in [0.05, 0.1) is 4.90 Å². The fraction of sp³-hybridized carbons (Fsp3) is 0.222. The molecule has 4 heteroatoms. The van der Waals surface area contributed by atoms with Gasteiger partial charge in [-0.1, -0.05) is 59.7 Å². The molecule has 0 unspecified atom stereocenters. The molecule has 116 valence electrons. The van der Waals surface area contributed by atoms with Gasteiger partial charge in [0.25, 0.3) is 0 Å². The molecule has 0 aliphatic rings. The molecular weight excluding hydrogens is 294 g/mol. The van der Waals surface area contributed by atoms with Crippen LogP contribution < -0.4 is 4.72 Å². The summed E-state index contributed by atoms with van der Waals surface area (Å²) in [5, 5.41) is 0. The molecule has 3 nitrogen and oxygen atoms in total. The largest absolute Gasteiger partial charge is 0.240 e. The molecule has 0 aliphatic heterocycles. The van der Waals surface area contributed by atoms with Gasteiger partial charge in [-0.3, -0.25) is 0 Å². The zero-order chi connectivity index (χ0) is 16.0. The summed E-state index contributed by atoms with van der Waals surface area (Å²) in [4.78, 5) is 0.306. The van der Waals surface area contributed by atoms with E-state index in [-0.39, 0.29) is 0 Å².